The number of amides is 1. The maximum atomic E-state index is 13.5. The van der Waals surface area contributed by atoms with Gasteiger partial charge >= 0.3 is 5.97 Å². The number of rotatable bonds is 7. The number of allylic oxidation sites excluding steroid dienone is 1. The lowest BCUT2D eigenvalue weighted by molar-refractivity contribution is -0.141. The number of carboxylic acid groups (broad SMARTS) is 1. The van der Waals surface area contributed by atoms with Crippen molar-refractivity contribution in [3.8, 4) is 17.0 Å². The number of ether oxygens (including phenoxy) is 1. The van der Waals surface area contributed by atoms with Crippen molar-refractivity contribution in [1.82, 2.24) is 9.88 Å². The number of carbonyl (C=O) groups excluding carboxylic acids is 1. The highest BCUT2D eigenvalue weighted by molar-refractivity contribution is 7.14. The number of aliphatic carboxylic acids is 1. The summed E-state index contributed by atoms with van der Waals surface area (Å²) in [5.74, 6) is -3.27. The Labute approximate surface area is 247 Å². The molecule has 0 saturated carbocycles. The minimum absolute atomic E-state index is 0.0589. The van der Waals surface area contributed by atoms with E-state index in [0.717, 1.165) is 45.1 Å². The fourth-order valence-corrected chi connectivity index (χ4v) is 6.99. The highest BCUT2D eigenvalue weighted by Gasteiger charge is 2.41. The van der Waals surface area contributed by atoms with Crippen LogP contribution in [0, 0.1) is 25.7 Å². The van der Waals surface area contributed by atoms with Crippen LogP contribution >= 0.6 is 11.3 Å². The molecule has 1 amide bonds. The average molecular weight is 594 g/mol. The predicted molar refractivity (Wildman–Crippen MR) is 157 cm³/mol. The number of fused-ring (bicyclic) bond motifs is 2. The van der Waals surface area contributed by atoms with Crippen molar-refractivity contribution < 1.29 is 28.2 Å². The Morgan fingerprint density at radius 2 is 1.93 bits per heavy atom. The quantitative estimate of drug-likeness (QED) is 0.322. The van der Waals surface area contributed by atoms with Gasteiger partial charge in [-0.25, -0.2) is 13.8 Å². The van der Waals surface area contributed by atoms with E-state index in [1.165, 1.54) is 4.90 Å². The SMILES string of the molecule is Cc1ccc(OCc2ccc(C(=O)N3CCC(F)(F)CC3)cc2C)c(-c2csc(N3CC4=CC[C@H](C3)[C@@H]4C(=O)O)n2)c1. The maximum Gasteiger partial charge on any atom is 0.311 e. The topological polar surface area (TPSA) is 83.0 Å². The van der Waals surface area contributed by atoms with Crippen LogP contribution in [0.5, 0.6) is 5.75 Å². The third-order valence-corrected chi connectivity index (χ3v) is 9.48. The van der Waals surface area contributed by atoms with Crippen molar-refractivity contribution in [2.75, 3.05) is 31.1 Å². The third-order valence-electron chi connectivity index (χ3n) is 8.58. The summed E-state index contributed by atoms with van der Waals surface area (Å²) in [5, 5.41) is 12.5. The van der Waals surface area contributed by atoms with E-state index in [9.17, 15) is 23.5 Å². The number of thiazole rings is 1. The lowest BCUT2D eigenvalue weighted by Crippen LogP contribution is -2.42. The molecule has 3 aromatic rings. The molecule has 1 aromatic heterocycles. The number of aryl methyl sites for hydroxylation is 2. The van der Waals surface area contributed by atoms with Crippen LogP contribution in [0.15, 0.2) is 53.4 Å². The van der Waals surface area contributed by atoms with Crippen LogP contribution < -0.4 is 9.64 Å². The highest BCUT2D eigenvalue weighted by Crippen LogP contribution is 2.41. The summed E-state index contributed by atoms with van der Waals surface area (Å²) in [4.78, 5) is 33.2. The van der Waals surface area contributed by atoms with Crippen molar-refractivity contribution in [2.45, 2.75) is 45.6 Å². The summed E-state index contributed by atoms with van der Waals surface area (Å²) in [6.07, 6.45) is 2.27. The van der Waals surface area contributed by atoms with Gasteiger partial charge in [0.25, 0.3) is 11.8 Å². The Kier molecular flexibility index (Phi) is 7.51. The van der Waals surface area contributed by atoms with Gasteiger partial charge in [-0.2, -0.15) is 0 Å². The van der Waals surface area contributed by atoms with Crippen molar-refractivity contribution >= 4 is 28.3 Å². The monoisotopic (exact) mass is 593 g/mol. The zero-order chi connectivity index (χ0) is 29.6. The third kappa shape index (κ3) is 5.64. The smallest absolute Gasteiger partial charge is 0.311 e. The largest absolute Gasteiger partial charge is 0.488 e. The Morgan fingerprint density at radius 1 is 1.14 bits per heavy atom. The number of halogens is 2. The first kappa shape index (κ1) is 28.3. The van der Waals surface area contributed by atoms with Crippen molar-refractivity contribution in [3.63, 3.8) is 0 Å². The number of benzene rings is 2. The Bertz CT molecular complexity index is 1560. The molecule has 1 aliphatic carbocycles. The lowest BCUT2D eigenvalue weighted by Gasteiger charge is -2.34. The number of nitrogens with zero attached hydrogens (tertiary/aromatic N) is 3. The van der Waals surface area contributed by atoms with Crippen molar-refractivity contribution in [2.24, 2.45) is 11.8 Å². The Hall–Kier alpha value is -3.79. The van der Waals surface area contributed by atoms with Crippen molar-refractivity contribution in [1.29, 1.82) is 0 Å². The number of likely N-dealkylation sites (tertiary alicyclic amines) is 1. The molecule has 2 atom stereocenters. The standard InChI is InChI=1S/C32H33F2N3O4S/c1-19-3-8-27(41-17-24-7-4-21(14-20(24)2)29(38)36-11-9-32(33,34)10-12-36)25(13-19)26-18-42-31(35-26)37-15-22-5-6-23(16-37)28(22)30(39)40/h3-5,7-8,13-14,18,23,28H,6,9-12,15-17H2,1-2H3,(H,39,40)/t23-,28-/m1/s1. The van der Waals surface area contributed by atoms with Crippen molar-refractivity contribution in [3.05, 3.63) is 75.7 Å². The van der Waals surface area contributed by atoms with Gasteiger partial charge in [0.2, 0.25) is 0 Å². The number of alkyl halides is 2. The summed E-state index contributed by atoms with van der Waals surface area (Å²) < 4.78 is 33.3. The molecule has 0 spiro atoms. The molecule has 220 valence electrons. The van der Waals surface area contributed by atoms with Crippen LogP contribution in [0.4, 0.5) is 13.9 Å². The molecule has 10 heteroatoms. The molecule has 0 radical (unpaired) electrons. The van der Waals surface area contributed by atoms with Gasteiger partial charge in [-0.3, -0.25) is 9.59 Å². The van der Waals surface area contributed by atoms with Gasteiger partial charge in [0.1, 0.15) is 12.4 Å². The summed E-state index contributed by atoms with van der Waals surface area (Å²) in [6, 6.07) is 11.4. The molecule has 7 nitrogen and oxygen atoms in total. The lowest BCUT2D eigenvalue weighted by atomic mass is 9.87. The average Bonchev–Trinajstić information content (AvgIpc) is 3.55. The van der Waals surface area contributed by atoms with E-state index in [-0.39, 0.29) is 43.7 Å². The molecule has 2 saturated heterocycles. The van der Waals surface area contributed by atoms with E-state index in [2.05, 4.69) is 11.0 Å². The zero-order valence-corrected chi connectivity index (χ0v) is 24.4. The number of aromatic nitrogens is 1. The van der Waals surface area contributed by atoms with Gasteiger partial charge in [-0.15, -0.1) is 11.3 Å². The molecular weight excluding hydrogens is 560 g/mol. The molecule has 0 unspecified atom stereocenters. The Balaban J connectivity index is 1.15. The normalized spacial score (nSPS) is 21.3. The van der Waals surface area contributed by atoms with Crippen LogP contribution in [0.3, 0.4) is 0 Å². The van der Waals surface area contributed by atoms with E-state index < -0.39 is 11.9 Å². The van der Waals surface area contributed by atoms with Gasteiger partial charge in [-0.05, 0) is 67.2 Å². The van der Waals surface area contributed by atoms with Crippen LogP contribution in [-0.4, -0.2) is 59.0 Å². The molecule has 3 heterocycles. The van der Waals surface area contributed by atoms with E-state index in [1.54, 1.807) is 23.5 Å². The van der Waals surface area contributed by atoms with Gasteiger partial charge in [0.15, 0.2) is 5.13 Å². The van der Waals surface area contributed by atoms with Crippen LogP contribution in [0.25, 0.3) is 11.3 Å². The van der Waals surface area contributed by atoms with Gasteiger partial charge in [0.05, 0.1) is 11.6 Å². The van der Waals surface area contributed by atoms with Crippen LogP contribution in [0.2, 0.25) is 0 Å². The van der Waals surface area contributed by atoms with Crippen LogP contribution in [-0.2, 0) is 11.4 Å². The first-order valence-corrected chi connectivity index (χ1v) is 15.1. The number of hydrogen-bond donors (Lipinski definition) is 1. The molecule has 2 aromatic carbocycles. The Morgan fingerprint density at radius 3 is 2.64 bits per heavy atom. The van der Waals surface area contributed by atoms with Crippen LogP contribution in [0.1, 0.15) is 46.3 Å². The van der Waals surface area contributed by atoms with Gasteiger partial charge in [0, 0.05) is 55.5 Å². The first-order chi connectivity index (χ1) is 20.1. The number of piperidine rings is 2. The minimum atomic E-state index is -2.69. The molecule has 2 aliphatic heterocycles. The summed E-state index contributed by atoms with van der Waals surface area (Å²) >= 11 is 1.55. The molecule has 2 bridgehead atoms. The molecule has 3 aliphatic rings. The second-order valence-corrected chi connectivity index (χ2v) is 12.4. The van der Waals surface area contributed by atoms with E-state index >= 15 is 0 Å². The summed E-state index contributed by atoms with van der Waals surface area (Å²) in [5.41, 5.74) is 6.03. The second-order valence-electron chi connectivity index (χ2n) is 11.6. The first-order valence-electron chi connectivity index (χ1n) is 14.2. The molecule has 2 fully saturated rings. The second kappa shape index (κ2) is 11.1. The maximum absolute atomic E-state index is 13.5. The number of hydrogen-bond acceptors (Lipinski definition) is 6. The predicted octanol–water partition coefficient (Wildman–Crippen LogP) is 6.34. The van der Waals surface area contributed by atoms with Gasteiger partial charge < -0.3 is 19.6 Å². The van der Waals surface area contributed by atoms with E-state index in [1.807, 2.05) is 43.5 Å². The van der Waals surface area contributed by atoms with E-state index in [0.29, 0.717) is 31.0 Å². The zero-order valence-electron chi connectivity index (χ0n) is 23.6. The highest BCUT2D eigenvalue weighted by atomic mass is 32.1. The fourth-order valence-electron chi connectivity index (χ4n) is 6.15. The van der Waals surface area contributed by atoms with E-state index in [4.69, 9.17) is 9.72 Å². The molecule has 1 N–H and O–H groups in total. The number of anilines is 1. The molecular formula is C32H33F2N3O4S. The molecule has 6 rings (SSSR count). The summed E-state index contributed by atoms with van der Waals surface area (Å²) in [7, 11) is 0. The fraction of sp³-hybridized carbons (Fsp3) is 0.406. The summed E-state index contributed by atoms with van der Waals surface area (Å²) in [6.45, 7) is 5.60. The number of carboxylic acids is 1. The van der Waals surface area contributed by atoms with Gasteiger partial charge in [-0.1, -0.05) is 23.8 Å². The number of carbonyl (C=O) groups is 2. The molecule has 42 heavy (non-hydrogen) atoms. The minimum Gasteiger partial charge on any atom is -0.488 e.